The third kappa shape index (κ3) is 4.88. The Balaban J connectivity index is 1.70. The number of nitrogens with zero attached hydrogens (tertiary/aromatic N) is 1. The Hall–Kier alpha value is -3.74. The molecule has 3 N–H and O–H groups in total. The number of amides is 2. The molecule has 0 aliphatic carbocycles. The minimum absolute atomic E-state index is 0.0937. The molecule has 0 unspecified atom stereocenters. The van der Waals surface area contributed by atoms with Crippen LogP contribution >= 0.6 is 0 Å². The second-order valence-electron chi connectivity index (χ2n) is 5.75. The zero-order valence-corrected chi connectivity index (χ0v) is 14.5. The van der Waals surface area contributed by atoms with Crippen molar-refractivity contribution in [2.75, 3.05) is 16.0 Å². The number of rotatable bonds is 5. The molecule has 2 amide bonds. The van der Waals surface area contributed by atoms with Gasteiger partial charge < -0.3 is 16.0 Å². The van der Waals surface area contributed by atoms with Crippen LogP contribution in [0.1, 0.15) is 17.4 Å². The van der Waals surface area contributed by atoms with Gasteiger partial charge in [0.25, 0.3) is 5.91 Å². The van der Waals surface area contributed by atoms with E-state index in [-0.39, 0.29) is 17.3 Å². The van der Waals surface area contributed by atoms with E-state index in [2.05, 4.69) is 20.9 Å². The number of benzene rings is 2. The zero-order valence-electron chi connectivity index (χ0n) is 14.5. The number of nitrogens with one attached hydrogen (secondary N) is 3. The average Bonchev–Trinajstić information content (AvgIpc) is 2.65. The Morgan fingerprint density at radius 3 is 2.30 bits per heavy atom. The Morgan fingerprint density at radius 1 is 0.889 bits per heavy atom. The van der Waals surface area contributed by atoms with Crippen molar-refractivity contribution in [1.82, 2.24) is 4.98 Å². The highest BCUT2D eigenvalue weighted by atomic mass is 19.1. The number of hydrogen-bond donors (Lipinski definition) is 3. The maximum atomic E-state index is 13.7. The van der Waals surface area contributed by atoms with Gasteiger partial charge in [-0.2, -0.15) is 0 Å². The molecule has 0 bridgehead atoms. The van der Waals surface area contributed by atoms with Gasteiger partial charge >= 0.3 is 0 Å². The topological polar surface area (TPSA) is 83.1 Å². The molecule has 2 aromatic carbocycles. The van der Waals surface area contributed by atoms with Crippen LogP contribution in [-0.4, -0.2) is 16.8 Å². The molecule has 7 heteroatoms. The lowest BCUT2D eigenvalue weighted by Gasteiger charge is -2.10. The molecular weight excluding hydrogens is 347 g/mol. The third-order valence-electron chi connectivity index (χ3n) is 3.61. The van der Waals surface area contributed by atoms with E-state index in [0.29, 0.717) is 11.4 Å². The Morgan fingerprint density at radius 2 is 1.59 bits per heavy atom. The first-order valence-electron chi connectivity index (χ1n) is 8.18. The van der Waals surface area contributed by atoms with Crippen molar-refractivity contribution >= 4 is 34.6 Å². The lowest BCUT2D eigenvalue weighted by atomic mass is 10.2. The van der Waals surface area contributed by atoms with Crippen molar-refractivity contribution in [3.63, 3.8) is 0 Å². The van der Waals surface area contributed by atoms with Gasteiger partial charge in [-0.25, -0.2) is 4.39 Å². The van der Waals surface area contributed by atoms with Gasteiger partial charge in [-0.15, -0.1) is 0 Å². The molecule has 1 heterocycles. The van der Waals surface area contributed by atoms with Crippen LogP contribution < -0.4 is 16.0 Å². The number of carbonyl (C=O) groups excluding carboxylic acids is 2. The van der Waals surface area contributed by atoms with Gasteiger partial charge in [-0.05, 0) is 48.5 Å². The normalized spacial score (nSPS) is 10.1. The van der Waals surface area contributed by atoms with Gasteiger partial charge in [0.05, 0.1) is 5.69 Å². The number of carbonyl (C=O) groups is 2. The van der Waals surface area contributed by atoms with Crippen molar-refractivity contribution in [2.24, 2.45) is 0 Å². The van der Waals surface area contributed by atoms with E-state index in [4.69, 9.17) is 0 Å². The molecule has 0 atom stereocenters. The van der Waals surface area contributed by atoms with Crippen LogP contribution in [-0.2, 0) is 4.79 Å². The summed E-state index contributed by atoms with van der Waals surface area (Å²) in [7, 11) is 0. The summed E-state index contributed by atoms with van der Waals surface area (Å²) in [5.41, 5.74) is 2.36. The molecule has 3 aromatic rings. The molecule has 0 aliphatic heterocycles. The van der Waals surface area contributed by atoms with Gasteiger partial charge in [0, 0.05) is 30.2 Å². The first-order valence-corrected chi connectivity index (χ1v) is 8.18. The second kappa shape index (κ2) is 8.09. The Bertz CT molecular complexity index is 974. The maximum Gasteiger partial charge on any atom is 0.274 e. The highest BCUT2D eigenvalue weighted by Crippen LogP contribution is 2.20. The first-order chi connectivity index (χ1) is 13.0. The fraction of sp³-hybridized carbons (Fsp3) is 0.0500. The highest BCUT2D eigenvalue weighted by molar-refractivity contribution is 6.03. The fourth-order valence-electron chi connectivity index (χ4n) is 2.39. The summed E-state index contributed by atoms with van der Waals surface area (Å²) in [4.78, 5) is 27.4. The Kier molecular flexibility index (Phi) is 5.41. The summed E-state index contributed by atoms with van der Waals surface area (Å²) in [6, 6.07) is 16.3. The molecule has 0 aliphatic rings. The molecule has 136 valence electrons. The number of anilines is 4. The second-order valence-corrected chi connectivity index (χ2v) is 5.75. The average molecular weight is 364 g/mol. The van der Waals surface area contributed by atoms with Crippen LogP contribution in [0.4, 0.5) is 27.1 Å². The van der Waals surface area contributed by atoms with Gasteiger partial charge in [0.2, 0.25) is 5.91 Å². The maximum absolute atomic E-state index is 13.7. The van der Waals surface area contributed by atoms with Crippen LogP contribution in [0, 0.1) is 5.82 Å². The number of pyridine rings is 1. The van der Waals surface area contributed by atoms with E-state index in [1.807, 2.05) is 0 Å². The molecule has 0 fully saturated rings. The number of halogens is 1. The monoisotopic (exact) mass is 364 g/mol. The minimum atomic E-state index is -0.514. The van der Waals surface area contributed by atoms with Crippen molar-refractivity contribution in [1.29, 1.82) is 0 Å². The SMILES string of the molecule is CC(=O)Nc1ccc(Nc2ccnc(C(=O)Nc3ccccc3F)c2)cc1. The first kappa shape index (κ1) is 18.1. The summed E-state index contributed by atoms with van der Waals surface area (Å²) in [5, 5.41) is 8.33. The van der Waals surface area contributed by atoms with E-state index in [1.165, 1.54) is 25.3 Å². The standard InChI is InChI=1S/C20H17FN4O2/c1-13(26)23-14-6-8-15(9-7-14)24-16-10-11-22-19(12-16)20(27)25-18-5-3-2-4-17(18)21/h2-12H,1H3,(H,22,24)(H,23,26)(H,25,27). The molecule has 27 heavy (non-hydrogen) atoms. The smallest absolute Gasteiger partial charge is 0.274 e. The van der Waals surface area contributed by atoms with E-state index in [0.717, 1.165) is 5.69 Å². The zero-order chi connectivity index (χ0) is 19.2. The van der Waals surface area contributed by atoms with Crippen molar-refractivity contribution in [3.05, 3.63) is 78.4 Å². The van der Waals surface area contributed by atoms with Crippen LogP contribution in [0.25, 0.3) is 0 Å². The lowest BCUT2D eigenvalue weighted by Crippen LogP contribution is -2.14. The largest absolute Gasteiger partial charge is 0.355 e. The predicted octanol–water partition coefficient (Wildman–Crippen LogP) is 4.18. The van der Waals surface area contributed by atoms with Crippen molar-refractivity contribution in [3.8, 4) is 0 Å². The summed E-state index contributed by atoms with van der Waals surface area (Å²) in [6.45, 7) is 1.44. The quantitative estimate of drug-likeness (QED) is 0.634. The van der Waals surface area contributed by atoms with Gasteiger partial charge in [-0.1, -0.05) is 12.1 Å². The van der Waals surface area contributed by atoms with Gasteiger partial charge in [0.15, 0.2) is 0 Å². The minimum Gasteiger partial charge on any atom is -0.355 e. The molecule has 0 radical (unpaired) electrons. The Labute approximate surface area is 155 Å². The molecule has 6 nitrogen and oxygen atoms in total. The number of aromatic nitrogens is 1. The molecular formula is C20H17FN4O2. The van der Waals surface area contributed by atoms with E-state index in [1.54, 1.807) is 48.5 Å². The van der Waals surface area contributed by atoms with Crippen LogP contribution in [0.5, 0.6) is 0 Å². The summed E-state index contributed by atoms with van der Waals surface area (Å²) in [6.07, 6.45) is 1.49. The summed E-state index contributed by atoms with van der Waals surface area (Å²) < 4.78 is 13.7. The molecule has 3 rings (SSSR count). The molecule has 0 saturated carbocycles. The van der Waals surface area contributed by atoms with Crippen LogP contribution in [0.15, 0.2) is 66.9 Å². The summed E-state index contributed by atoms with van der Waals surface area (Å²) >= 11 is 0. The summed E-state index contributed by atoms with van der Waals surface area (Å²) in [5.74, 6) is -1.17. The third-order valence-corrected chi connectivity index (χ3v) is 3.61. The number of para-hydroxylation sites is 1. The van der Waals surface area contributed by atoms with E-state index < -0.39 is 11.7 Å². The molecule has 0 spiro atoms. The predicted molar refractivity (Wildman–Crippen MR) is 103 cm³/mol. The van der Waals surface area contributed by atoms with Crippen molar-refractivity contribution < 1.29 is 14.0 Å². The van der Waals surface area contributed by atoms with Crippen LogP contribution in [0.2, 0.25) is 0 Å². The molecule has 1 aromatic heterocycles. The van der Waals surface area contributed by atoms with Crippen LogP contribution in [0.3, 0.4) is 0 Å². The lowest BCUT2D eigenvalue weighted by molar-refractivity contribution is -0.114. The van der Waals surface area contributed by atoms with Gasteiger partial charge in [-0.3, -0.25) is 14.6 Å². The molecule has 0 saturated heterocycles. The van der Waals surface area contributed by atoms with Crippen molar-refractivity contribution in [2.45, 2.75) is 6.92 Å². The van der Waals surface area contributed by atoms with E-state index >= 15 is 0 Å². The number of hydrogen-bond acceptors (Lipinski definition) is 4. The van der Waals surface area contributed by atoms with Gasteiger partial charge in [0.1, 0.15) is 11.5 Å². The van der Waals surface area contributed by atoms with E-state index in [9.17, 15) is 14.0 Å². The fourth-order valence-corrected chi connectivity index (χ4v) is 2.39. The highest BCUT2D eigenvalue weighted by Gasteiger charge is 2.11.